The average molecular weight is 431 g/mol. The van der Waals surface area contributed by atoms with Crippen LogP contribution < -0.4 is 4.74 Å². The molecule has 172 valence electrons. The van der Waals surface area contributed by atoms with E-state index < -0.39 is 5.41 Å². The molecule has 2 aromatic rings. The first-order valence-corrected chi connectivity index (χ1v) is 11.2. The number of imidazole rings is 1. The molecule has 0 unspecified atom stereocenters. The average Bonchev–Trinajstić information content (AvgIpc) is 3.03. The van der Waals surface area contributed by atoms with Crippen LogP contribution in [-0.4, -0.2) is 51.3 Å². The molecular weight excluding hydrogens is 392 g/mol. The highest BCUT2D eigenvalue weighted by atomic mass is 16.5. The molecule has 2 heterocycles. The van der Waals surface area contributed by atoms with Crippen molar-refractivity contribution in [3.05, 3.63) is 18.1 Å². The van der Waals surface area contributed by atoms with Gasteiger partial charge in [0, 0.05) is 24.6 Å². The lowest BCUT2D eigenvalue weighted by atomic mass is 9.90. The Morgan fingerprint density at radius 3 is 2.16 bits per heavy atom. The highest BCUT2D eigenvalue weighted by molar-refractivity contribution is 6.00. The summed E-state index contributed by atoms with van der Waals surface area (Å²) in [5, 5.41) is 0. The van der Waals surface area contributed by atoms with Gasteiger partial charge in [-0.05, 0) is 24.7 Å². The molecule has 0 aromatic carbocycles. The molecule has 7 nitrogen and oxygen atoms in total. The minimum atomic E-state index is -0.616. The molecule has 0 spiro atoms. The Labute approximate surface area is 186 Å². The van der Waals surface area contributed by atoms with Crippen molar-refractivity contribution in [3.8, 4) is 5.88 Å². The Morgan fingerprint density at radius 1 is 1.10 bits per heavy atom. The van der Waals surface area contributed by atoms with Crippen LogP contribution >= 0.6 is 0 Å². The van der Waals surface area contributed by atoms with Crippen molar-refractivity contribution in [2.75, 3.05) is 20.2 Å². The largest absolute Gasteiger partial charge is 0.481 e. The molecule has 0 N–H and O–H groups in total. The Kier molecular flexibility index (Phi) is 8.21. The molecule has 31 heavy (non-hydrogen) atoms. The Morgan fingerprint density at radius 2 is 1.68 bits per heavy atom. The summed E-state index contributed by atoms with van der Waals surface area (Å²) in [6.45, 7) is 15.7. The highest BCUT2D eigenvalue weighted by Gasteiger charge is 2.30. The Balaban J connectivity index is 2.45. The van der Waals surface area contributed by atoms with Crippen molar-refractivity contribution in [1.82, 2.24) is 19.4 Å². The lowest BCUT2D eigenvalue weighted by molar-refractivity contribution is -0.132. The Bertz CT molecular complexity index is 897. The number of amides is 1. The summed E-state index contributed by atoms with van der Waals surface area (Å²) in [7, 11) is 1.54. The zero-order valence-electron chi connectivity index (χ0n) is 20.4. The van der Waals surface area contributed by atoms with Crippen molar-refractivity contribution >= 4 is 22.7 Å². The van der Waals surface area contributed by atoms with E-state index in [2.05, 4.69) is 37.7 Å². The van der Waals surface area contributed by atoms with Gasteiger partial charge in [0.25, 0.3) is 0 Å². The number of methoxy groups -OCH3 is 1. The second-order valence-corrected chi connectivity index (χ2v) is 10.1. The summed E-state index contributed by atoms with van der Waals surface area (Å²) < 4.78 is 6.99. The van der Waals surface area contributed by atoms with Gasteiger partial charge >= 0.3 is 0 Å². The van der Waals surface area contributed by atoms with Crippen LogP contribution in [0.5, 0.6) is 5.88 Å². The van der Waals surface area contributed by atoms with Crippen LogP contribution in [0.3, 0.4) is 0 Å². The zero-order chi connectivity index (χ0) is 23.3. The van der Waals surface area contributed by atoms with Gasteiger partial charge in [0.1, 0.15) is 12.1 Å². The summed E-state index contributed by atoms with van der Waals surface area (Å²) in [5.74, 6) is 1.63. The van der Waals surface area contributed by atoms with Crippen molar-refractivity contribution in [3.63, 3.8) is 0 Å². The summed E-state index contributed by atoms with van der Waals surface area (Å²) in [5.41, 5.74) is 0.645. The number of fused-ring (bicyclic) bond motifs is 1. The molecule has 0 fully saturated rings. The fourth-order valence-corrected chi connectivity index (χ4v) is 3.21. The van der Waals surface area contributed by atoms with Crippen LogP contribution in [0.4, 0.5) is 0 Å². The standard InChI is InChI=1S/C24H38N4O3/c1-16(2)9-11-27(12-10-17(3)4)21(29)15-28-19-13-20(31-8)25-14-18(19)26-23(28)22(30)24(5,6)7/h13-14,16-17H,9-12,15H2,1-8H3. The monoisotopic (exact) mass is 430 g/mol. The molecule has 0 aliphatic rings. The lowest BCUT2D eigenvalue weighted by Crippen LogP contribution is -2.37. The molecule has 0 aliphatic carbocycles. The number of carbonyl (C=O) groups excluding carboxylic acids is 2. The molecule has 0 atom stereocenters. The van der Waals surface area contributed by atoms with Gasteiger partial charge < -0.3 is 14.2 Å². The van der Waals surface area contributed by atoms with Gasteiger partial charge in [-0.2, -0.15) is 0 Å². The summed E-state index contributed by atoms with van der Waals surface area (Å²) in [6.07, 6.45) is 3.48. The van der Waals surface area contributed by atoms with Crippen LogP contribution in [0.1, 0.15) is 71.9 Å². The van der Waals surface area contributed by atoms with E-state index in [-0.39, 0.29) is 18.2 Å². The molecule has 0 saturated carbocycles. The van der Waals surface area contributed by atoms with E-state index in [9.17, 15) is 9.59 Å². The van der Waals surface area contributed by atoms with E-state index in [4.69, 9.17) is 4.74 Å². The smallest absolute Gasteiger partial charge is 0.242 e. The first kappa shape index (κ1) is 24.8. The fraction of sp³-hybridized carbons (Fsp3) is 0.667. The van der Waals surface area contributed by atoms with Crippen molar-refractivity contribution in [2.45, 2.75) is 67.9 Å². The van der Waals surface area contributed by atoms with Gasteiger partial charge in [0.2, 0.25) is 17.6 Å². The number of Topliss-reactive ketones (excluding diaryl/α,β-unsaturated/α-hetero) is 1. The van der Waals surface area contributed by atoms with Gasteiger partial charge in [0.15, 0.2) is 5.82 Å². The van der Waals surface area contributed by atoms with E-state index in [1.54, 1.807) is 23.9 Å². The number of ether oxygens (including phenoxy) is 1. The maximum Gasteiger partial charge on any atom is 0.242 e. The first-order valence-electron chi connectivity index (χ1n) is 11.2. The normalized spacial score (nSPS) is 12.1. The fourth-order valence-electron chi connectivity index (χ4n) is 3.21. The number of ketones is 1. The Hall–Kier alpha value is -2.44. The van der Waals surface area contributed by atoms with Gasteiger partial charge in [0.05, 0.1) is 18.8 Å². The first-order chi connectivity index (χ1) is 14.4. The van der Waals surface area contributed by atoms with Crippen molar-refractivity contribution in [1.29, 1.82) is 0 Å². The molecule has 1 amide bonds. The van der Waals surface area contributed by atoms with Gasteiger partial charge in [-0.3, -0.25) is 9.59 Å². The number of pyridine rings is 1. The van der Waals surface area contributed by atoms with Crippen molar-refractivity contribution < 1.29 is 14.3 Å². The number of nitrogens with zero attached hydrogens (tertiary/aromatic N) is 4. The molecule has 2 rings (SSSR count). The van der Waals surface area contributed by atoms with Crippen LogP contribution in [0, 0.1) is 17.3 Å². The SMILES string of the molecule is COc1cc2c(cn1)nc(C(=O)C(C)(C)C)n2CC(=O)N(CCC(C)C)CCC(C)C. The minimum absolute atomic E-state index is 0.000613. The van der Waals surface area contributed by atoms with E-state index in [1.165, 1.54) is 0 Å². The maximum absolute atomic E-state index is 13.4. The van der Waals surface area contributed by atoms with E-state index >= 15 is 0 Å². The number of carbonyl (C=O) groups is 2. The van der Waals surface area contributed by atoms with Gasteiger partial charge in [-0.15, -0.1) is 0 Å². The third-order valence-corrected chi connectivity index (χ3v) is 5.30. The number of rotatable bonds is 10. The van der Waals surface area contributed by atoms with Crippen LogP contribution in [-0.2, 0) is 11.3 Å². The quantitative estimate of drug-likeness (QED) is 0.515. The molecule has 0 saturated heterocycles. The van der Waals surface area contributed by atoms with Gasteiger partial charge in [-0.1, -0.05) is 48.5 Å². The number of hydrogen-bond acceptors (Lipinski definition) is 5. The van der Waals surface area contributed by atoms with Crippen molar-refractivity contribution in [2.24, 2.45) is 17.3 Å². The molecule has 7 heteroatoms. The highest BCUT2D eigenvalue weighted by Crippen LogP contribution is 2.26. The molecular formula is C24H38N4O3. The minimum Gasteiger partial charge on any atom is -0.481 e. The molecule has 0 radical (unpaired) electrons. The van der Waals surface area contributed by atoms with Crippen LogP contribution in [0.15, 0.2) is 12.3 Å². The lowest BCUT2D eigenvalue weighted by Gasteiger charge is -2.25. The third-order valence-electron chi connectivity index (χ3n) is 5.30. The van der Waals surface area contributed by atoms with E-state index in [0.29, 0.717) is 47.7 Å². The molecule has 0 aliphatic heterocycles. The number of aromatic nitrogens is 3. The van der Waals surface area contributed by atoms with Crippen LogP contribution in [0.25, 0.3) is 11.0 Å². The second kappa shape index (κ2) is 10.2. The predicted octanol–water partition coefficient (Wildman–Crippen LogP) is 4.59. The second-order valence-electron chi connectivity index (χ2n) is 10.1. The number of hydrogen-bond donors (Lipinski definition) is 0. The summed E-state index contributed by atoms with van der Waals surface area (Å²) in [4.78, 5) is 37.2. The van der Waals surface area contributed by atoms with Gasteiger partial charge in [-0.25, -0.2) is 9.97 Å². The third kappa shape index (κ3) is 6.52. The summed E-state index contributed by atoms with van der Waals surface area (Å²) >= 11 is 0. The van der Waals surface area contributed by atoms with Crippen LogP contribution in [0.2, 0.25) is 0 Å². The summed E-state index contributed by atoms with van der Waals surface area (Å²) in [6, 6.07) is 1.74. The van der Waals surface area contributed by atoms with E-state index in [1.807, 2.05) is 25.7 Å². The van der Waals surface area contributed by atoms with E-state index in [0.717, 1.165) is 12.8 Å². The predicted molar refractivity (Wildman–Crippen MR) is 123 cm³/mol. The maximum atomic E-state index is 13.4. The topological polar surface area (TPSA) is 77.3 Å². The molecule has 0 bridgehead atoms. The zero-order valence-corrected chi connectivity index (χ0v) is 20.4. The molecule has 2 aromatic heterocycles.